The number of aliphatic hydroxyl groups excluding tert-OH is 5. The van der Waals surface area contributed by atoms with Crippen molar-refractivity contribution in [3.05, 3.63) is 0 Å². The number of epoxide rings is 1. The van der Waals surface area contributed by atoms with E-state index in [2.05, 4.69) is 47.5 Å². The van der Waals surface area contributed by atoms with E-state index < -0.39 is 48.1 Å². The topological polar surface area (TPSA) is 479 Å². The number of methoxy groups -OCH3 is 3. The molecule has 2 aromatic heterocycles. The molecule has 0 aliphatic carbocycles. The number of aliphatic hydroxyl groups is 5. The smallest absolute Gasteiger partial charge is 0.390 e. The van der Waals surface area contributed by atoms with Crippen molar-refractivity contribution >= 4 is 53.3 Å². The predicted molar refractivity (Wildman–Crippen MR) is 359 cm³/mol. The molecule has 13 N–H and O–H groups in total. The fraction of sp³-hybridized carbons (Fsp3) is 0.895. The summed E-state index contributed by atoms with van der Waals surface area (Å²) in [6.07, 6.45) is -0.212. The van der Waals surface area contributed by atoms with E-state index in [0.29, 0.717) is 70.5 Å². The van der Waals surface area contributed by atoms with E-state index in [0.717, 1.165) is 39.2 Å². The minimum absolute atomic E-state index is 0.0229. The number of hydrogen-bond acceptors (Lipinski definition) is 38. The van der Waals surface area contributed by atoms with E-state index >= 15 is 0 Å². The van der Waals surface area contributed by atoms with Crippen LogP contribution in [-0.4, -0.2) is 346 Å². The number of nitrogens with zero attached hydrogens (tertiary/aromatic N) is 10. The van der Waals surface area contributed by atoms with Crippen LogP contribution in [0.4, 0.5) is 35.7 Å². The summed E-state index contributed by atoms with van der Waals surface area (Å²) in [5.41, 5.74) is 0. The number of ether oxygens (including phenoxy) is 15. The Morgan fingerprint density at radius 3 is 1.10 bits per heavy atom. The van der Waals surface area contributed by atoms with Gasteiger partial charge in [-0.25, -0.2) is 0 Å². The summed E-state index contributed by atoms with van der Waals surface area (Å²) in [5, 5.41) is 58.1. The molecule has 2 aromatic rings. The molecule has 1 aliphatic heterocycles. The zero-order valence-corrected chi connectivity index (χ0v) is 60.4. The third-order valence-electron chi connectivity index (χ3n) is 12.4. The molecule has 3 rings (SSSR count). The van der Waals surface area contributed by atoms with Crippen molar-refractivity contribution in [3.8, 4) is 0 Å². The van der Waals surface area contributed by atoms with E-state index in [9.17, 15) is 39.9 Å². The van der Waals surface area contributed by atoms with Crippen molar-refractivity contribution in [1.82, 2.24) is 29.9 Å². The lowest BCUT2D eigenvalue weighted by Crippen LogP contribution is -2.37. The third kappa shape index (κ3) is 50.2. The van der Waals surface area contributed by atoms with Gasteiger partial charge in [0.2, 0.25) is 35.7 Å². The minimum Gasteiger partial charge on any atom is -0.390 e. The van der Waals surface area contributed by atoms with Crippen molar-refractivity contribution in [3.63, 3.8) is 0 Å². The summed E-state index contributed by atoms with van der Waals surface area (Å²) >= 11 is 0. The predicted octanol–water partition coefficient (Wildman–Crippen LogP) is -1.70. The molecule has 3 heterocycles. The second-order valence-corrected chi connectivity index (χ2v) is 25.9. The van der Waals surface area contributed by atoms with Gasteiger partial charge in [0, 0.05) is 89.1 Å². The molecule has 38 nitrogen and oxygen atoms in total. The number of unbranched alkanes of at least 4 members (excludes halogenated alkanes) is 2. The Bertz CT molecular complexity index is 2140. The lowest BCUT2D eigenvalue weighted by atomic mass is 10.3. The van der Waals surface area contributed by atoms with Gasteiger partial charge >= 0.3 is 17.6 Å². The highest BCUT2D eigenvalue weighted by atomic mass is 28.4. The third-order valence-corrected chi connectivity index (χ3v) is 14.4. The second kappa shape index (κ2) is 57.8. The molecule has 3 unspecified atom stereocenters. The number of aromatic nitrogens is 6. The molecule has 1 saturated heterocycles. The number of nitrogens with one attached hydrogen (secondary N) is 2. The molecule has 0 aromatic carbocycles. The van der Waals surface area contributed by atoms with E-state index in [-0.39, 0.29) is 156 Å². The fourth-order valence-electron chi connectivity index (χ4n) is 7.41. The van der Waals surface area contributed by atoms with Gasteiger partial charge < -0.3 is 141 Å². The van der Waals surface area contributed by atoms with Gasteiger partial charge in [-0.1, -0.05) is 26.7 Å². The molecule has 40 heteroatoms. The molecule has 0 saturated carbocycles. The highest BCUT2D eigenvalue weighted by Gasteiger charge is 2.28. The first-order valence-corrected chi connectivity index (χ1v) is 36.9. The number of rotatable bonds is 62. The van der Waals surface area contributed by atoms with Crippen LogP contribution in [0.5, 0.6) is 0 Å². The largest absolute Gasteiger partial charge is 0.492 e. The molecule has 97 heavy (non-hydrogen) atoms. The Morgan fingerprint density at radius 2 is 0.763 bits per heavy atom. The van der Waals surface area contributed by atoms with Crippen LogP contribution in [0.25, 0.3) is 0 Å². The first kappa shape index (κ1) is 89.3. The zero-order valence-electron chi connectivity index (χ0n) is 60.4. The normalized spacial score (nSPS) is 14.7. The second-order valence-electron chi connectivity index (χ2n) is 21.8. The summed E-state index contributed by atoms with van der Waals surface area (Å²) in [7, 11) is -3.55. The van der Waals surface area contributed by atoms with Gasteiger partial charge in [0.15, 0.2) is 0 Å². The minimum atomic E-state index is -4.22. The van der Waals surface area contributed by atoms with Crippen LogP contribution in [0.15, 0.2) is 0 Å². The van der Waals surface area contributed by atoms with E-state index in [1.54, 1.807) is 40.1 Å². The molecule has 1 aliphatic rings. The fourth-order valence-corrected chi connectivity index (χ4v) is 8.65. The van der Waals surface area contributed by atoms with E-state index in [1.165, 1.54) is 22.6 Å². The lowest BCUT2D eigenvalue weighted by molar-refractivity contribution is -0.0339. The molecular formula is C57H120N12O26Si2. The van der Waals surface area contributed by atoms with Crippen LogP contribution in [-0.2, 0) is 71.1 Å². The Labute approximate surface area is 576 Å². The molecule has 6 atom stereocenters. The van der Waals surface area contributed by atoms with Crippen LogP contribution >= 0.6 is 0 Å². The maximum Gasteiger partial charge on any atom is 0.492 e. The summed E-state index contributed by atoms with van der Waals surface area (Å²) in [6, 6.07) is -0.436. The summed E-state index contributed by atoms with van der Waals surface area (Å²) in [4.78, 5) is 88.5. The quantitative estimate of drug-likeness (QED) is 0.0152. The van der Waals surface area contributed by atoms with Gasteiger partial charge in [0.25, 0.3) is 0 Å². The van der Waals surface area contributed by atoms with Crippen molar-refractivity contribution in [2.75, 3.05) is 237 Å². The average molecular weight is 1450 g/mol. The molecule has 572 valence electrons. The van der Waals surface area contributed by atoms with Gasteiger partial charge in [-0.3, -0.25) is 14.7 Å². The van der Waals surface area contributed by atoms with E-state index in [1.807, 2.05) is 25.7 Å². The van der Waals surface area contributed by atoms with Gasteiger partial charge in [0.05, 0.1) is 79.3 Å². The molecular weight excluding hydrogens is 1320 g/mol. The molecule has 0 bridgehead atoms. The standard InChI is InChI=1S/C37H78N6O21Si2.C13H26N6O3.C7H14O2.H2/c1-4-7-10-57-18-33(47)23-63-28-43(29-64-24-34(48)19-59-12-9-14-66(52,53)54)37-40-35(38-25-60-20-32(46)17-58-11-8-13-65(49,50)51)39-36(41-37)42(26-61-21-30(44)15-55-5-2)27-62-22-31(45)16-56-6-3;1-6-14-11-15-12(18(7-2)8-20-3)17-13(16-11)19(9-21-4)10-22-5;1-2-3-4-8-5-7-6-9-7;/h30-34,44-54H,4-29H2,1-3H3,(H,38,39,40,41);6-10H2,1-5H3,(H,14,15,16,17);7H,2-6H2,1H3;1H/t30-,31+,32?,33?,34-;;;/m1.../s1/i;;;1+2D. The van der Waals surface area contributed by atoms with Crippen molar-refractivity contribution in [2.45, 2.75) is 129 Å². The van der Waals surface area contributed by atoms with Crippen LogP contribution in [0.3, 0.4) is 0 Å². The van der Waals surface area contributed by atoms with Crippen molar-refractivity contribution in [2.24, 2.45) is 0 Å². The lowest BCUT2D eigenvalue weighted by Gasteiger charge is -2.27. The maximum absolute atomic E-state index is 10.5. The van der Waals surface area contributed by atoms with Crippen LogP contribution in [0, 0.1) is 0 Å². The summed E-state index contributed by atoms with van der Waals surface area (Å²) in [5.74, 6) is 1.37. The Balaban J connectivity index is 0.00000235. The van der Waals surface area contributed by atoms with Crippen LogP contribution in [0.2, 0.25) is 12.1 Å². The summed E-state index contributed by atoms with van der Waals surface area (Å²) in [6.45, 7) is 15.8. The first-order chi connectivity index (χ1) is 47.6. The zero-order chi connectivity index (χ0) is 74.0. The molecule has 0 amide bonds. The highest BCUT2D eigenvalue weighted by Crippen LogP contribution is 2.20. The van der Waals surface area contributed by atoms with E-state index in [4.69, 9.17) is 88.4 Å². The maximum atomic E-state index is 10.5. The highest BCUT2D eigenvalue weighted by molar-refractivity contribution is 6.56. The van der Waals surface area contributed by atoms with Crippen LogP contribution < -0.4 is 30.2 Å². The van der Waals surface area contributed by atoms with Gasteiger partial charge in [0.1, 0.15) is 90.5 Å². The Hall–Kier alpha value is -3.79. The Morgan fingerprint density at radius 1 is 0.443 bits per heavy atom. The monoisotopic (exact) mass is 1450 g/mol. The first-order valence-electron chi connectivity index (χ1n) is 33.8. The van der Waals surface area contributed by atoms with Gasteiger partial charge in [-0.2, -0.15) is 29.9 Å². The average Bonchev–Trinajstić information content (AvgIpc) is 1.41. The SMILES string of the molecule is CCCCOCC(O)COCN(COC[C@H](O)COCCC[Si](O)(O)O)c1nc(NCOCC(O)COCCC[Si](O)(O)O)nc(N(COC[C@H](O)COCC)COC[C@@H](O)COCC)n1.CCCCOCC1CO1.CCNc1nc(N(CC)COC)nc(N(COC)COC)n1.[2H][3H]. The molecule has 0 spiro atoms. The summed E-state index contributed by atoms with van der Waals surface area (Å²) < 4.78 is 91.3. The molecule has 1 fully saturated rings. The number of anilines is 6. The van der Waals surface area contributed by atoms with Crippen molar-refractivity contribution in [1.29, 1.82) is 0 Å². The number of hydrogen-bond donors (Lipinski definition) is 13. The van der Waals surface area contributed by atoms with Crippen LogP contribution in [0.1, 0.15) is 83.0 Å². The van der Waals surface area contributed by atoms with Gasteiger partial charge in [-0.05, 0) is 53.4 Å². The van der Waals surface area contributed by atoms with Gasteiger partial charge in [-0.15, -0.1) is 0 Å². The van der Waals surface area contributed by atoms with Crippen molar-refractivity contribution < 1.29 is 128 Å². The molecule has 0 radical (unpaired) electrons. The Kier molecular flexibility index (Phi) is 53.2.